The van der Waals surface area contributed by atoms with Gasteiger partial charge in [-0.2, -0.15) is 0 Å². The van der Waals surface area contributed by atoms with Crippen LogP contribution in [0.15, 0.2) is 42.5 Å². The summed E-state index contributed by atoms with van der Waals surface area (Å²) in [4.78, 5) is 24.1. The lowest BCUT2D eigenvalue weighted by Gasteiger charge is -2.15. The van der Waals surface area contributed by atoms with E-state index in [1.54, 1.807) is 30.3 Å². The number of nitrogens with one attached hydrogen (secondary N) is 1. The molecule has 2 aromatic rings. The zero-order chi connectivity index (χ0) is 18.4. The van der Waals surface area contributed by atoms with E-state index in [1.165, 1.54) is 13.2 Å². The van der Waals surface area contributed by atoms with Gasteiger partial charge in [-0.1, -0.05) is 35.3 Å². The third-order valence-corrected chi connectivity index (χ3v) is 3.91. The Morgan fingerprint density at radius 2 is 1.84 bits per heavy atom. The zero-order valence-electron chi connectivity index (χ0n) is 13.7. The van der Waals surface area contributed by atoms with Crippen LogP contribution in [0.1, 0.15) is 28.9 Å². The van der Waals surface area contributed by atoms with E-state index >= 15 is 0 Å². The average molecular weight is 382 g/mol. The van der Waals surface area contributed by atoms with Crippen molar-refractivity contribution in [3.05, 3.63) is 63.6 Å². The molecule has 7 heteroatoms. The number of carbonyl (C=O) groups is 2. The first-order valence-electron chi connectivity index (χ1n) is 7.46. The predicted molar refractivity (Wildman–Crippen MR) is 96.3 cm³/mol. The van der Waals surface area contributed by atoms with Gasteiger partial charge in [0.1, 0.15) is 11.3 Å². The van der Waals surface area contributed by atoms with Crippen LogP contribution in [-0.2, 0) is 9.53 Å². The molecule has 25 heavy (non-hydrogen) atoms. The van der Waals surface area contributed by atoms with E-state index in [2.05, 4.69) is 5.32 Å². The fraction of sp³-hybridized carbons (Fsp3) is 0.222. The number of rotatable bonds is 6. The number of amides is 1. The number of carbonyl (C=O) groups excluding carboxylic acids is 2. The average Bonchev–Trinajstić information content (AvgIpc) is 2.59. The molecule has 1 atom stereocenters. The number of methoxy groups -OCH3 is 1. The highest BCUT2D eigenvalue weighted by Crippen LogP contribution is 2.23. The first-order chi connectivity index (χ1) is 11.9. The molecule has 0 radical (unpaired) electrons. The van der Waals surface area contributed by atoms with E-state index in [9.17, 15) is 9.59 Å². The quantitative estimate of drug-likeness (QED) is 0.766. The Bertz CT molecular complexity index is 779. The summed E-state index contributed by atoms with van der Waals surface area (Å²) in [5.74, 6) is -0.797. The van der Waals surface area contributed by atoms with E-state index in [0.717, 1.165) is 5.56 Å². The molecule has 2 aromatic carbocycles. The van der Waals surface area contributed by atoms with Gasteiger partial charge in [-0.3, -0.25) is 4.79 Å². The normalized spacial score (nSPS) is 11.5. The number of benzene rings is 2. The smallest absolute Gasteiger partial charge is 0.342 e. The highest BCUT2D eigenvalue weighted by molar-refractivity contribution is 6.31. The van der Waals surface area contributed by atoms with Crippen LogP contribution in [0.2, 0.25) is 10.0 Å². The number of esters is 1. The summed E-state index contributed by atoms with van der Waals surface area (Å²) in [5, 5.41) is 3.69. The first-order valence-corrected chi connectivity index (χ1v) is 8.21. The van der Waals surface area contributed by atoms with Gasteiger partial charge in [-0.25, -0.2) is 4.79 Å². The lowest BCUT2D eigenvalue weighted by molar-refractivity contribution is -0.124. The second-order valence-electron chi connectivity index (χ2n) is 5.26. The molecule has 0 saturated carbocycles. The SMILES string of the molecule is COc1ccc(Cl)cc1C(=O)OCC(=O)N[C@H](C)c1cccc(Cl)c1. The van der Waals surface area contributed by atoms with Crippen molar-refractivity contribution in [2.75, 3.05) is 13.7 Å². The second-order valence-corrected chi connectivity index (χ2v) is 6.14. The van der Waals surface area contributed by atoms with Crippen LogP contribution >= 0.6 is 23.2 Å². The molecule has 0 heterocycles. The molecular weight excluding hydrogens is 365 g/mol. The third-order valence-electron chi connectivity index (χ3n) is 3.44. The fourth-order valence-electron chi connectivity index (χ4n) is 2.19. The van der Waals surface area contributed by atoms with E-state index in [-0.39, 0.29) is 11.6 Å². The molecule has 0 aliphatic rings. The Hall–Kier alpha value is -2.24. The van der Waals surface area contributed by atoms with Crippen molar-refractivity contribution in [1.82, 2.24) is 5.32 Å². The highest BCUT2D eigenvalue weighted by Gasteiger charge is 2.17. The number of ether oxygens (including phenoxy) is 2. The summed E-state index contributed by atoms with van der Waals surface area (Å²) < 4.78 is 10.1. The van der Waals surface area contributed by atoms with Crippen molar-refractivity contribution in [1.29, 1.82) is 0 Å². The van der Waals surface area contributed by atoms with E-state index in [1.807, 2.05) is 13.0 Å². The molecule has 2 rings (SSSR count). The molecule has 0 aliphatic heterocycles. The van der Waals surface area contributed by atoms with Gasteiger partial charge in [0, 0.05) is 10.0 Å². The lowest BCUT2D eigenvalue weighted by Crippen LogP contribution is -2.31. The van der Waals surface area contributed by atoms with Gasteiger partial charge in [0.25, 0.3) is 5.91 Å². The van der Waals surface area contributed by atoms with Gasteiger partial charge in [0.05, 0.1) is 13.2 Å². The van der Waals surface area contributed by atoms with Gasteiger partial charge in [-0.15, -0.1) is 0 Å². The highest BCUT2D eigenvalue weighted by atomic mass is 35.5. The summed E-state index contributed by atoms with van der Waals surface area (Å²) in [6.45, 7) is 1.39. The lowest BCUT2D eigenvalue weighted by atomic mass is 10.1. The second kappa shape index (κ2) is 8.74. The Labute approximate surface area is 155 Å². The van der Waals surface area contributed by atoms with Crippen LogP contribution in [-0.4, -0.2) is 25.6 Å². The number of halogens is 2. The predicted octanol–water partition coefficient (Wildman–Crippen LogP) is 4.04. The standard InChI is InChI=1S/C18H17Cl2NO4/c1-11(12-4-3-5-13(19)8-12)21-17(22)10-25-18(23)15-9-14(20)6-7-16(15)24-2/h3-9,11H,10H2,1-2H3,(H,21,22)/t11-/m1/s1. The minimum atomic E-state index is -0.690. The molecule has 5 nitrogen and oxygen atoms in total. The third kappa shape index (κ3) is 5.37. The maximum atomic E-state index is 12.1. The summed E-state index contributed by atoms with van der Waals surface area (Å²) in [7, 11) is 1.43. The Morgan fingerprint density at radius 3 is 2.52 bits per heavy atom. The molecule has 1 amide bonds. The molecule has 0 aromatic heterocycles. The number of hydrogen-bond acceptors (Lipinski definition) is 4. The Morgan fingerprint density at radius 1 is 1.12 bits per heavy atom. The largest absolute Gasteiger partial charge is 0.496 e. The summed E-state index contributed by atoms with van der Waals surface area (Å²) in [6, 6.07) is 11.5. The first kappa shape index (κ1) is 19.1. The van der Waals surface area contributed by atoms with Crippen LogP contribution in [0.5, 0.6) is 5.75 Å². The minimum Gasteiger partial charge on any atom is -0.496 e. The van der Waals surface area contributed by atoms with Crippen LogP contribution in [0, 0.1) is 0 Å². The van der Waals surface area contributed by atoms with Gasteiger partial charge in [-0.05, 0) is 42.8 Å². The van der Waals surface area contributed by atoms with Gasteiger partial charge < -0.3 is 14.8 Å². The topological polar surface area (TPSA) is 64.6 Å². The van der Waals surface area contributed by atoms with Crippen molar-refractivity contribution in [2.24, 2.45) is 0 Å². The molecule has 0 spiro atoms. The van der Waals surface area contributed by atoms with Crippen molar-refractivity contribution >= 4 is 35.1 Å². The summed E-state index contributed by atoms with van der Waals surface area (Å²) in [6.07, 6.45) is 0. The number of hydrogen-bond donors (Lipinski definition) is 1. The zero-order valence-corrected chi connectivity index (χ0v) is 15.2. The van der Waals surface area contributed by atoms with Crippen molar-refractivity contribution in [2.45, 2.75) is 13.0 Å². The molecule has 1 N–H and O–H groups in total. The van der Waals surface area contributed by atoms with E-state index in [0.29, 0.717) is 15.8 Å². The molecule has 0 unspecified atom stereocenters. The van der Waals surface area contributed by atoms with Crippen molar-refractivity contribution in [3.8, 4) is 5.75 Å². The Kier molecular flexibility index (Phi) is 6.67. The monoisotopic (exact) mass is 381 g/mol. The van der Waals surface area contributed by atoms with Crippen molar-refractivity contribution < 1.29 is 19.1 Å². The maximum Gasteiger partial charge on any atom is 0.342 e. The van der Waals surface area contributed by atoms with Gasteiger partial charge >= 0.3 is 5.97 Å². The molecule has 0 fully saturated rings. The van der Waals surface area contributed by atoms with E-state index in [4.69, 9.17) is 32.7 Å². The molecule has 0 saturated heterocycles. The van der Waals surface area contributed by atoms with Crippen molar-refractivity contribution in [3.63, 3.8) is 0 Å². The fourth-order valence-corrected chi connectivity index (χ4v) is 2.56. The molecule has 0 aliphatic carbocycles. The molecular formula is C18H17Cl2NO4. The summed E-state index contributed by atoms with van der Waals surface area (Å²) in [5.41, 5.74) is 1.01. The summed E-state index contributed by atoms with van der Waals surface area (Å²) >= 11 is 11.8. The van der Waals surface area contributed by atoms with Crippen LogP contribution < -0.4 is 10.1 Å². The molecule has 0 bridgehead atoms. The van der Waals surface area contributed by atoms with Gasteiger partial charge in [0.15, 0.2) is 6.61 Å². The molecule has 132 valence electrons. The Balaban J connectivity index is 1.93. The van der Waals surface area contributed by atoms with Crippen LogP contribution in [0.3, 0.4) is 0 Å². The maximum absolute atomic E-state index is 12.1. The minimum absolute atomic E-state index is 0.158. The van der Waals surface area contributed by atoms with Crippen LogP contribution in [0.4, 0.5) is 0 Å². The van der Waals surface area contributed by atoms with Crippen LogP contribution in [0.25, 0.3) is 0 Å². The van der Waals surface area contributed by atoms with E-state index < -0.39 is 18.5 Å². The van der Waals surface area contributed by atoms with Gasteiger partial charge in [0.2, 0.25) is 0 Å².